The smallest absolute Gasteiger partial charge is 0.311 e. The van der Waals surface area contributed by atoms with E-state index in [4.69, 9.17) is 14.0 Å². The highest BCUT2D eigenvalue weighted by Crippen LogP contribution is 2.22. The van der Waals surface area contributed by atoms with E-state index >= 15 is 0 Å². The molecular formula is C36H56N4O11S. The maximum absolute atomic E-state index is 13.2. The van der Waals surface area contributed by atoms with E-state index in [-0.39, 0.29) is 55.5 Å². The van der Waals surface area contributed by atoms with E-state index in [9.17, 15) is 37.5 Å². The summed E-state index contributed by atoms with van der Waals surface area (Å²) >= 11 is 0. The minimum Gasteiger partial charge on any atom is -0.460 e. The maximum atomic E-state index is 13.2. The number of nitrogens with zero attached hydrogens (tertiary/aromatic N) is 1. The Hall–Kier alpha value is -3.86. The van der Waals surface area contributed by atoms with Gasteiger partial charge >= 0.3 is 5.97 Å². The van der Waals surface area contributed by atoms with Crippen LogP contribution < -0.4 is 16.0 Å². The molecule has 1 aliphatic rings. The third kappa shape index (κ3) is 16.2. The van der Waals surface area contributed by atoms with Gasteiger partial charge in [-0.05, 0) is 95.1 Å². The molecule has 0 fully saturated rings. The van der Waals surface area contributed by atoms with Crippen LogP contribution in [0.25, 0.3) is 0 Å². The van der Waals surface area contributed by atoms with Crippen LogP contribution in [0.15, 0.2) is 30.4 Å². The highest BCUT2D eigenvalue weighted by Gasteiger charge is 2.28. The van der Waals surface area contributed by atoms with Gasteiger partial charge in [0.2, 0.25) is 23.6 Å². The number of carbonyl (C=O) groups is 5. The van der Waals surface area contributed by atoms with Gasteiger partial charge in [-0.15, -0.1) is 0 Å². The number of aliphatic hydroxyl groups is 1. The maximum Gasteiger partial charge on any atom is 0.311 e. The lowest BCUT2D eigenvalue weighted by molar-refractivity contribution is -0.154. The molecule has 15 nitrogen and oxygen atoms in total. The fraction of sp³-hybridized carbons (Fsp3) is 0.639. The van der Waals surface area contributed by atoms with Crippen LogP contribution in [0.2, 0.25) is 0 Å². The summed E-state index contributed by atoms with van der Waals surface area (Å²) in [5.74, 6) is -2.57. The number of carbonyl (C=O) groups excluding carboxylic acids is 5. The molecule has 1 heterocycles. The fourth-order valence-corrected chi connectivity index (χ4v) is 5.61. The van der Waals surface area contributed by atoms with E-state index in [1.807, 2.05) is 0 Å². The molecule has 0 aliphatic carbocycles. The number of rotatable bonds is 22. The topological polar surface area (TPSA) is 218 Å². The number of hydrogen-bond donors (Lipinski definition) is 5. The molecule has 0 saturated heterocycles. The summed E-state index contributed by atoms with van der Waals surface area (Å²) in [4.78, 5) is 64.4. The number of amides is 4. The van der Waals surface area contributed by atoms with Gasteiger partial charge in [0.25, 0.3) is 10.1 Å². The van der Waals surface area contributed by atoms with Gasteiger partial charge in [0, 0.05) is 37.9 Å². The molecule has 4 amide bonds. The summed E-state index contributed by atoms with van der Waals surface area (Å²) in [6.07, 6.45) is 5.00. The number of hydrogen-bond acceptors (Lipinski definition) is 10. The average molecular weight is 753 g/mol. The van der Waals surface area contributed by atoms with Gasteiger partial charge in [0.1, 0.15) is 24.9 Å². The first kappa shape index (κ1) is 44.3. The fourth-order valence-electron chi connectivity index (χ4n) is 5.13. The Morgan fingerprint density at radius 2 is 1.63 bits per heavy atom. The van der Waals surface area contributed by atoms with Crippen molar-refractivity contribution in [1.29, 1.82) is 0 Å². The van der Waals surface area contributed by atoms with E-state index < -0.39 is 45.7 Å². The van der Waals surface area contributed by atoms with Crippen molar-refractivity contribution in [2.24, 2.45) is 11.3 Å². The van der Waals surface area contributed by atoms with Crippen LogP contribution in [0.5, 0.6) is 0 Å². The van der Waals surface area contributed by atoms with Crippen LogP contribution in [-0.4, -0.2) is 96.4 Å². The predicted molar refractivity (Wildman–Crippen MR) is 194 cm³/mol. The third-order valence-corrected chi connectivity index (χ3v) is 9.01. The molecule has 5 N–H and O–H groups in total. The van der Waals surface area contributed by atoms with Crippen LogP contribution in [0.1, 0.15) is 91.2 Å². The highest BCUT2D eigenvalue weighted by molar-refractivity contribution is 7.85. The van der Waals surface area contributed by atoms with E-state index in [0.717, 1.165) is 11.1 Å². The summed E-state index contributed by atoms with van der Waals surface area (Å²) in [5, 5.41) is 18.0. The number of ether oxygens (including phenoxy) is 2. The van der Waals surface area contributed by atoms with Gasteiger partial charge in [0.05, 0.1) is 11.2 Å². The third-order valence-electron chi connectivity index (χ3n) is 8.20. The molecule has 0 saturated carbocycles. The van der Waals surface area contributed by atoms with Crippen molar-refractivity contribution in [1.82, 2.24) is 15.5 Å². The van der Waals surface area contributed by atoms with Crippen LogP contribution in [0.4, 0.5) is 5.69 Å². The normalized spacial score (nSPS) is 15.8. The number of nitrogens with one attached hydrogen (secondary N) is 3. The molecule has 0 radical (unpaired) electrons. The van der Waals surface area contributed by atoms with Crippen molar-refractivity contribution < 1.29 is 51.5 Å². The number of benzene rings is 1. The van der Waals surface area contributed by atoms with Gasteiger partial charge in [-0.25, -0.2) is 0 Å². The SMILES string of the molecule is CC(C)[C@H](NC(=O)CCCCCN1C(=O)C=CC1O)C(=O)N[C@@H](C)C(=O)Nc1ccc(COC(=O)C(C)(C)C)c(CCCOCCCS(=O)(=O)O)c1. The van der Waals surface area contributed by atoms with Gasteiger partial charge in [-0.1, -0.05) is 26.3 Å². The Morgan fingerprint density at radius 1 is 0.942 bits per heavy atom. The Labute approximate surface area is 307 Å². The lowest BCUT2D eigenvalue weighted by atomic mass is 9.97. The molecule has 1 unspecified atom stereocenters. The summed E-state index contributed by atoms with van der Waals surface area (Å²) < 4.78 is 41.6. The molecule has 1 aromatic rings. The molecule has 1 aliphatic heterocycles. The molecule has 2 rings (SSSR count). The molecule has 52 heavy (non-hydrogen) atoms. The molecule has 0 bridgehead atoms. The second-order valence-corrected chi connectivity index (χ2v) is 15.9. The van der Waals surface area contributed by atoms with Crippen molar-refractivity contribution in [3.8, 4) is 0 Å². The van der Waals surface area contributed by atoms with Gasteiger partial charge < -0.3 is 35.4 Å². The molecule has 1 aromatic carbocycles. The van der Waals surface area contributed by atoms with Gasteiger partial charge in [-0.3, -0.25) is 28.5 Å². The summed E-state index contributed by atoms with van der Waals surface area (Å²) in [7, 11) is -4.05. The first-order chi connectivity index (χ1) is 24.3. The zero-order valence-electron chi connectivity index (χ0n) is 31.1. The van der Waals surface area contributed by atoms with Crippen LogP contribution >= 0.6 is 0 Å². The minimum absolute atomic E-state index is 0.0190. The van der Waals surface area contributed by atoms with Crippen molar-refractivity contribution >= 4 is 45.4 Å². The van der Waals surface area contributed by atoms with Crippen molar-refractivity contribution in [3.63, 3.8) is 0 Å². The first-order valence-electron chi connectivity index (χ1n) is 17.7. The second-order valence-electron chi connectivity index (χ2n) is 14.3. The highest BCUT2D eigenvalue weighted by atomic mass is 32.2. The molecule has 0 aromatic heterocycles. The predicted octanol–water partition coefficient (Wildman–Crippen LogP) is 2.86. The Morgan fingerprint density at radius 3 is 2.25 bits per heavy atom. The quantitative estimate of drug-likeness (QED) is 0.0659. The Bertz CT molecular complexity index is 1520. The van der Waals surface area contributed by atoms with E-state index in [1.54, 1.807) is 52.8 Å². The van der Waals surface area contributed by atoms with Gasteiger partial charge in [0.15, 0.2) is 0 Å². The molecule has 0 spiro atoms. The Kier molecular flexibility index (Phi) is 17.9. The second kappa shape index (κ2) is 21.0. The van der Waals surface area contributed by atoms with Crippen molar-refractivity contribution in [2.45, 2.75) is 111 Å². The number of esters is 1. The van der Waals surface area contributed by atoms with Crippen molar-refractivity contribution in [2.75, 3.05) is 30.8 Å². The van der Waals surface area contributed by atoms with E-state index in [2.05, 4.69) is 16.0 Å². The standard InChI is InChI=1S/C36H56N4O11S/c1-24(2)32(39-29(41)13-8-7-9-18-40-30(42)16-17-31(40)43)34(45)37-25(3)33(44)38-28-15-14-27(23-51-35(46)36(4,5)6)26(22-28)12-10-19-50-20-11-21-52(47,48)49/h14-17,22,24-25,30,32,42H,7-13,18-21,23H2,1-6H3,(H,37,45)(H,38,44)(H,39,41)(H,47,48,49)/t25-,30?,32-/m0/s1. The summed E-state index contributed by atoms with van der Waals surface area (Å²) in [6, 6.07) is 3.35. The molecular weight excluding hydrogens is 696 g/mol. The first-order valence-corrected chi connectivity index (χ1v) is 19.3. The number of aliphatic hydroxyl groups excluding tert-OH is 1. The van der Waals surface area contributed by atoms with Gasteiger partial charge in [-0.2, -0.15) is 8.42 Å². The molecule has 3 atom stereocenters. The van der Waals surface area contributed by atoms with E-state index in [0.29, 0.717) is 50.9 Å². The van der Waals surface area contributed by atoms with Crippen LogP contribution in [0.3, 0.4) is 0 Å². The largest absolute Gasteiger partial charge is 0.460 e. The molecule has 292 valence electrons. The van der Waals surface area contributed by atoms with Crippen molar-refractivity contribution in [3.05, 3.63) is 41.5 Å². The van der Waals surface area contributed by atoms with E-state index in [1.165, 1.54) is 24.0 Å². The number of aryl methyl sites for hydroxylation is 1. The van der Waals surface area contributed by atoms with Crippen LogP contribution in [0, 0.1) is 11.3 Å². The average Bonchev–Trinajstić information content (AvgIpc) is 3.37. The Balaban J connectivity index is 1.94. The minimum atomic E-state index is -4.05. The number of unbranched alkanes of at least 4 members (excludes halogenated alkanes) is 2. The zero-order chi connectivity index (χ0) is 39.1. The summed E-state index contributed by atoms with van der Waals surface area (Å²) in [6.45, 7) is 11.2. The number of anilines is 1. The molecule has 16 heteroatoms. The monoisotopic (exact) mass is 752 g/mol. The summed E-state index contributed by atoms with van der Waals surface area (Å²) in [5.41, 5.74) is 1.29. The lowest BCUT2D eigenvalue weighted by Gasteiger charge is -2.24. The lowest BCUT2D eigenvalue weighted by Crippen LogP contribution is -2.53. The van der Waals surface area contributed by atoms with Crippen LogP contribution in [-0.2, 0) is 56.6 Å². The zero-order valence-corrected chi connectivity index (χ0v) is 31.9.